The number of ether oxygens (including phenoxy) is 1. The number of aromatic amines is 1. The molecule has 2 bridgehead atoms. The number of imidazole rings is 1. The van der Waals surface area contributed by atoms with E-state index in [-0.39, 0.29) is 34.7 Å². The molecule has 3 aromatic rings. The maximum atomic E-state index is 13.8. The predicted octanol–water partition coefficient (Wildman–Crippen LogP) is 6.59. The van der Waals surface area contributed by atoms with Crippen molar-refractivity contribution in [3.63, 3.8) is 0 Å². The highest BCUT2D eigenvalue weighted by Gasteiger charge is 2.68. The van der Waals surface area contributed by atoms with Crippen LogP contribution in [0.4, 0.5) is 10.1 Å². The number of aliphatic hydroxyl groups is 1. The average molecular weight is 646 g/mol. The van der Waals surface area contributed by atoms with Crippen LogP contribution in [0.3, 0.4) is 0 Å². The molecule has 0 aliphatic heterocycles. The highest BCUT2D eigenvalue weighted by atomic mass is 32.2. The van der Waals surface area contributed by atoms with Crippen LogP contribution in [0.5, 0.6) is 0 Å². The number of benzene rings is 1. The Bertz CT molecular complexity index is 1750. The van der Waals surface area contributed by atoms with Crippen molar-refractivity contribution in [1.82, 2.24) is 9.97 Å². The van der Waals surface area contributed by atoms with Crippen LogP contribution >= 0.6 is 11.8 Å². The summed E-state index contributed by atoms with van der Waals surface area (Å²) in [7, 11) is 0. The molecule has 8 atom stereocenters. The fourth-order valence-corrected chi connectivity index (χ4v) is 9.62. The number of hydrogen-bond acceptors (Lipinski definition) is 6. The van der Waals surface area contributed by atoms with Gasteiger partial charge in [-0.3, -0.25) is 9.59 Å². The number of esters is 1. The number of ketones is 1. The highest BCUT2D eigenvalue weighted by Crippen LogP contribution is 2.68. The summed E-state index contributed by atoms with van der Waals surface area (Å²) in [5.41, 5.74) is 0.859. The zero-order valence-corrected chi connectivity index (χ0v) is 27.7. The molecule has 46 heavy (non-hydrogen) atoms. The number of Topliss-reactive ketones (excluding diaryl/α,β-unsaturated/α-hetero) is 1. The molecule has 0 unspecified atom stereocenters. The first-order valence-electron chi connectivity index (χ1n) is 16.1. The molecule has 242 valence electrons. The molecular formula is C36H42FN4O4S+. The Morgan fingerprint density at radius 2 is 2.11 bits per heavy atom. The summed E-state index contributed by atoms with van der Waals surface area (Å²) in [6.45, 7) is 20.2. The summed E-state index contributed by atoms with van der Waals surface area (Å²) in [6, 6.07) is 5.97. The molecule has 3 saturated carbocycles. The summed E-state index contributed by atoms with van der Waals surface area (Å²) >= 11 is 1.24. The molecule has 0 radical (unpaired) electrons. The normalized spacial score (nSPS) is 33.9. The van der Waals surface area contributed by atoms with E-state index in [4.69, 9.17) is 11.3 Å². The number of carbonyl (C=O) groups is 2. The first kappa shape index (κ1) is 32.4. The van der Waals surface area contributed by atoms with E-state index in [9.17, 15) is 19.1 Å². The number of pyridine rings is 1. The second kappa shape index (κ2) is 11.9. The molecule has 3 aliphatic rings. The second-order valence-electron chi connectivity index (χ2n) is 14.2. The third-order valence-electron chi connectivity index (χ3n) is 11.9. The number of fused-ring (bicyclic) bond motifs is 1. The van der Waals surface area contributed by atoms with Crippen molar-refractivity contribution >= 4 is 40.2 Å². The van der Waals surface area contributed by atoms with Crippen molar-refractivity contribution in [2.24, 2.45) is 34.0 Å². The van der Waals surface area contributed by atoms with Crippen molar-refractivity contribution in [3.8, 4) is 0 Å². The first-order chi connectivity index (χ1) is 21.8. The topological polar surface area (TPSA) is 101 Å². The third-order valence-corrected chi connectivity index (χ3v) is 12.7. The Morgan fingerprint density at radius 3 is 2.85 bits per heavy atom. The highest BCUT2D eigenvalue weighted by molar-refractivity contribution is 7.99. The van der Waals surface area contributed by atoms with Crippen LogP contribution in [0.25, 0.3) is 15.9 Å². The van der Waals surface area contributed by atoms with Gasteiger partial charge in [0.05, 0.1) is 18.4 Å². The number of carbonyl (C=O) groups excluding carboxylic acids is 2. The molecule has 0 spiro atoms. The number of thioether (sulfide) groups is 1. The SMILES string of the molecule is [C-]#[N+]c1ccc(F)cc1C[n+]1ccc2nc(SCC(=O)O[C@@H]3C[C@@](C)(C=C)[C@@H](O)[C@H](C)[C@]45CCC(=O)[C@H]4[C@@]3(C)[C@H](C)CC5)[nH]c2c1. The summed E-state index contributed by atoms with van der Waals surface area (Å²) in [6.07, 6.45) is 7.65. The lowest BCUT2D eigenvalue weighted by Crippen LogP contribution is -2.63. The number of nitrogens with zero attached hydrogens (tertiary/aromatic N) is 3. The van der Waals surface area contributed by atoms with Gasteiger partial charge in [0, 0.05) is 34.8 Å². The third kappa shape index (κ3) is 5.26. The Kier molecular flexibility index (Phi) is 8.39. The molecule has 2 N–H and O–H groups in total. The van der Waals surface area contributed by atoms with Crippen LogP contribution in [0.15, 0.2) is 54.5 Å². The molecule has 2 aromatic heterocycles. The summed E-state index contributed by atoms with van der Waals surface area (Å²) in [5.74, 6) is -0.728. The van der Waals surface area contributed by atoms with Gasteiger partial charge in [0.1, 0.15) is 28.7 Å². The lowest BCUT2D eigenvalue weighted by atomic mass is 9.44. The van der Waals surface area contributed by atoms with Crippen LogP contribution in [-0.4, -0.2) is 44.8 Å². The zero-order chi connectivity index (χ0) is 33.0. The van der Waals surface area contributed by atoms with Gasteiger partial charge in [-0.1, -0.05) is 51.6 Å². The molecule has 2 heterocycles. The van der Waals surface area contributed by atoms with Crippen LogP contribution in [-0.2, 0) is 20.9 Å². The van der Waals surface area contributed by atoms with Gasteiger partial charge >= 0.3 is 5.97 Å². The summed E-state index contributed by atoms with van der Waals surface area (Å²) in [4.78, 5) is 38.6. The summed E-state index contributed by atoms with van der Waals surface area (Å²) in [5, 5.41) is 12.3. The standard InChI is InChI=1S/C36H41FN4O4S/c1-7-34(4)17-29(35(5)21(2)10-13-36(22(3)32(34)44)14-11-28(42)31(35)36)45-30(43)20-46-33-39-26-12-15-41(19-27(26)40-33)18-23-16-24(37)8-9-25(23)38-6/h7-9,12,15-16,19,21-22,29,31-32,44H,1,10-11,13-14,17-18,20H2,2-5H3/p+1/t21-,22+,29-,31+,32+,34-,35+,36+/m1/s1. The molecule has 10 heteroatoms. The van der Waals surface area contributed by atoms with E-state index in [0.717, 1.165) is 24.8 Å². The van der Waals surface area contributed by atoms with E-state index in [1.807, 2.05) is 30.0 Å². The largest absolute Gasteiger partial charge is 0.461 e. The minimum absolute atomic E-state index is 0.0198. The second-order valence-corrected chi connectivity index (χ2v) is 15.2. The van der Waals surface area contributed by atoms with Gasteiger partial charge < -0.3 is 14.8 Å². The Morgan fingerprint density at radius 1 is 1.33 bits per heavy atom. The fraction of sp³-hybridized carbons (Fsp3) is 0.528. The molecule has 3 fully saturated rings. The van der Waals surface area contributed by atoms with Gasteiger partial charge in [-0.15, -0.1) is 6.58 Å². The quantitative estimate of drug-likeness (QED) is 0.0990. The monoisotopic (exact) mass is 645 g/mol. The van der Waals surface area contributed by atoms with Crippen molar-refractivity contribution < 1.29 is 28.4 Å². The Balaban J connectivity index is 1.21. The molecular weight excluding hydrogens is 603 g/mol. The van der Waals surface area contributed by atoms with Gasteiger partial charge in [0.15, 0.2) is 29.8 Å². The number of aliphatic hydroxyl groups excluding tert-OH is 1. The molecule has 8 nitrogen and oxygen atoms in total. The fourth-order valence-electron chi connectivity index (χ4n) is 8.95. The number of H-pyrrole nitrogens is 1. The van der Waals surface area contributed by atoms with Crippen LogP contribution < -0.4 is 4.57 Å². The Labute approximate surface area is 273 Å². The van der Waals surface area contributed by atoms with Gasteiger partial charge in [-0.05, 0) is 55.1 Å². The number of hydrogen-bond donors (Lipinski definition) is 2. The van der Waals surface area contributed by atoms with E-state index < -0.39 is 34.8 Å². The smallest absolute Gasteiger partial charge is 0.316 e. The van der Waals surface area contributed by atoms with Gasteiger partial charge in [-0.2, -0.15) is 4.57 Å². The van der Waals surface area contributed by atoms with E-state index in [1.165, 1.54) is 30.0 Å². The summed E-state index contributed by atoms with van der Waals surface area (Å²) < 4.78 is 22.1. The van der Waals surface area contributed by atoms with Crippen LogP contribution in [0.2, 0.25) is 0 Å². The first-order valence-corrected chi connectivity index (χ1v) is 17.0. The number of nitrogens with one attached hydrogen (secondary N) is 1. The molecule has 0 amide bonds. The maximum Gasteiger partial charge on any atom is 0.316 e. The van der Waals surface area contributed by atoms with Gasteiger partial charge in [0.2, 0.25) is 0 Å². The minimum atomic E-state index is -0.709. The van der Waals surface area contributed by atoms with Gasteiger partial charge in [0.25, 0.3) is 0 Å². The van der Waals surface area contributed by atoms with Crippen LogP contribution in [0.1, 0.15) is 65.4 Å². The number of rotatable bonds is 7. The van der Waals surface area contributed by atoms with E-state index in [0.29, 0.717) is 41.3 Å². The number of halogens is 1. The lowest BCUT2D eigenvalue weighted by Gasteiger charge is -2.61. The zero-order valence-electron chi connectivity index (χ0n) is 26.9. The molecule has 6 rings (SSSR count). The number of aromatic nitrogens is 3. The van der Waals surface area contributed by atoms with Gasteiger partial charge in [-0.25, -0.2) is 14.2 Å². The van der Waals surface area contributed by atoms with Crippen molar-refractivity contribution in [2.45, 2.75) is 83.7 Å². The average Bonchev–Trinajstić information content (AvgIpc) is 3.61. The minimum Gasteiger partial charge on any atom is -0.461 e. The van der Waals surface area contributed by atoms with E-state index in [2.05, 4.69) is 42.2 Å². The maximum absolute atomic E-state index is 13.8. The van der Waals surface area contributed by atoms with Crippen molar-refractivity contribution in [2.75, 3.05) is 5.75 Å². The molecule has 0 saturated heterocycles. The van der Waals surface area contributed by atoms with E-state index in [1.54, 1.807) is 6.08 Å². The molecule has 3 aliphatic carbocycles. The predicted molar refractivity (Wildman–Crippen MR) is 173 cm³/mol. The lowest BCUT2D eigenvalue weighted by molar-refractivity contribution is -0.687. The van der Waals surface area contributed by atoms with E-state index >= 15 is 0 Å². The molecule has 1 aromatic carbocycles. The van der Waals surface area contributed by atoms with Crippen molar-refractivity contribution in [3.05, 3.63) is 72.1 Å². The van der Waals surface area contributed by atoms with Crippen molar-refractivity contribution in [1.29, 1.82) is 0 Å². The Hall–Kier alpha value is -3.55. The van der Waals surface area contributed by atoms with Crippen LogP contribution in [0, 0.1) is 46.4 Å².